The molecule has 0 aliphatic carbocycles. The van der Waals surface area contributed by atoms with Crippen LogP contribution in [0.4, 0.5) is 4.39 Å². The maximum absolute atomic E-state index is 13.2. The minimum Gasteiger partial charge on any atom is -0.436 e. The number of nitrogens with one attached hydrogen (secondary N) is 1. The second kappa shape index (κ2) is 5.03. The Bertz CT molecular complexity index is 1060. The van der Waals surface area contributed by atoms with Gasteiger partial charge in [0.1, 0.15) is 23.1 Å². The lowest BCUT2D eigenvalue weighted by molar-refractivity contribution is 0.602. The van der Waals surface area contributed by atoms with Gasteiger partial charge < -0.3 is 4.42 Å². The highest BCUT2D eigenvalue weighted by Crippen LogP contribution is 2.28. The molecule has 0 saturated heterocycles. The van der Waals surface area contributed by atoms with E-state index in [1.165, 1.54) is 12.1 Å². The van der Waals surface area contributed by atoms with E-state index in [2.05, 4.69) is 20.4 Å². The molecule has 6 nitrogen and oxygen atoms in total. The summed E-state index contributed by atoms with van der Waals surface area (Å²) in [5.74, 6) is -0.00957. The van der Waals surface area contributed by atoms with Crippen molar-refractivity contribution in [2.24, 2.45) is 0 Å². The number of hydrogen-bond donors (Lipinski definition) is 1. The predicted molar refractivity (Wildman–Crippen MR) is 79.5 cm³/mol. The number of oxazole rings is 1. The SMILES string of the molecule is N#Cc1[nH]nnc1-c1cccc(-c2nc3ccc(F)cc3o2)c1. The summed E-state index contributed by atoms with van der Waals surface area (Å²) in [6.07, 6.45) is 0. The van der Waals surface area contributed by atoms with E-state index in [9.17, 15) is 4.39 Å². The van der Waals surface area contributed by atoms with E-state index in [1.807, 2.05) is 18.2 Å². The minimum atomic E-state index is -0.379. The topological polar surface area (TPSA) is 91.4 Å². The fraction of sp³-hybridized carbons (Fsp3) is 0. The molecule has 0 aliphatic heterocycles. The average Bonchev–Trinajstić information content (AvgIpc) is 3.21. The average molecular weight is 305 g/mol. The van der Waals surface area contributed by atoms with Gasteiger partial charge in [-0.1, -0.05) is 17.3 Å². The van der Waals surface area contributed by atoms with Gasteiger partial charge in [-0.15, -0.1) is 5.10 Å². The normalized spacial score (nSPS) is 10.8. The first-order valence-corrected chi connectivity index (χ1v) is 6.72. The van der Waals surface area contributed by atoms with Gasteiger partial charge in [-0.05, 0) is 24.3 Å². The number of hydrogen-bond acceptors (Lipinski definition) is 5. The van der Waals surface area contributed by atoms with Crippen LogP contribution in [-0.2, 0) is 0 Å². The van der Waals surface area contributed by atoms with Crippen LogP contribution in [-0.4, -0.2) is 20.4 Å². The summed E-state index contributed by atoms with van der Waals surface area (Å²) >= 11 is 0. The zero-order valence-corrected chi connectivity index (χ0v) is 11.6. The summed E-state index contributed by atoms with van der Waals surface area (Å²) < 4.78 is 18.8. The van der Waals surface area contributed by atoms with E-state index in [0.717, 1.165) is 0 Å². The highest BCUT2D eigenvalue weighted by atomic mass is 19.1. The number of rotatable bonds is 2. The van der Waals surface area contributed by atoms with Gasteiger partial charge in [-0.3, -0.25) is 0 Å². The molecule has 0 aliphatic rings. The Hall–Kier alpha value is -3.53. The lowest BCUT2D eigenvalue weighted by Crippen LogP contribution is -1.84. The number of H-pyrrole nitrogens is 1. The largest absolute Gasteiger partial charge is 0.436 e. The van der Waals surface area contributed by atoms with Crippen LogP contribution in [0.5, 0.6) is 0 Å². The molecule has 23 heavy (non-hydrogen) atoms. The fourth-order valence-corrected chi connectivity index (χ4v) is 2.33. The van der Waals surface area contributed by atoms with Crippen LogP contribution in [0, 0.1) is 17.1 Å². The van der Waals surface area contributed by atoms with Crippen LogP contribution in [0.1, 0.15) is 5.69 Å². The maximum Gasteiger partial charge on any atom is 0.227 e. The van der Waals surface area contributed by atoms with Crippen molar-refractivity contribution in [3.8, 4) is 28.8 Å². The van der Waals surface area contributed by atoms with Crippen molar-refractivity contribution in [3.63, 3.8) is 0 Å². The first-order chi connectivity index (χ1) is 11.2. The third kappa shape index (κ3) is 2.22. The van der Waals surface area contributed by atoms with E-state index in [4.69, 9.17) is 9.68 Å². The predicted octanol–water partition coefficient (Wildman–Crippen LogP) is 3.29. The number of nitriles is 1. The number of nitrogens with zero attached hydrogens (tertiary/aromatic N) is 4. The summed E-state index contributed by atoms with van der Waals surface area (Å²) in [6.45, 7) is 0. The smallest absolute Gasteiger partial charge is 0.227 e. The Labute approximate surface area is 129 Å². The lowest BCUT2D eigenvalue weighted by Gasteiger charge is -1.99. The summed E-state index contributed by atoms with van der Waals surface area (Å²) in [5, 5.41) is 19.1. The van der Waals surface area contributed by atoms with Gasteiger partial charge in [0.15, 0.2) is 11.3 Å². The van der Waals surface area contributed by atoms with E-state index >= 15 is 0 Å². The molecule has 4 aromatic rings. The Morgan fingerprint density at radius 2 is 2.00 bits per heavy atom. The third-order valence-corrected chi connectivity index (χ3v) is 3.39. The zero-order valence-electron chi connectivity index (χ0n) is 11.6. The van der Waals surface area contributed by atoms with Gasteiger partial charge in [0.2, 0.25) is 5.89 Å². The lowest BCUT2D eigenvalue weighted by atomic mass is 10.1. The van der Waals surface area contributed by atoms with E-state index in [0.29, 0.717) is 33.8 Å². The molecule has 0 fully saturated rings. The third-order valence-electron chi connectivity index (χ3n) is 3.39. The summed E-state index contributed by atoms with van der Waals surface area (Å²) in [6, 6.07) is 13.4. The van der Waals surface area contributed by atoms with E-state index < -0.39 is 0 Å². The molecule has 110 valence electrons. The molecular weight excluding hydrogens is 297 g/mol. The zero-order chi connectivity index (χ0) is 15.8. The van der Waals surface area contributed by atoms with Gasteiger partial charge in [-0.25, -0.2) is 14.5 Å². The van der Waals surface area contributed by atoms with Crippen molar-refractivity contribution >= 4 is 11.1 Å². The molecule has 2 heterocycles. The summed E-state index contributed by atoms with van der Waals surface area (Å²) in [5.41, 5.74) is 3.10. The van der Waals surface area contributed by atoms with Gasteiger partial charge in [0, 0.05) is 17.2 Å². The Balaban J connectivity index is 1.83. The molecule has 4 rings (SSSR count). The number of aromatic nitrogens is 4. The number of benzene rings is 2. The molecule has 0 saturated carbocycles. The van der Waals surface area contributed by atoms with Gasteiger partial charge in [-0.2, -0.15) is 5.26 Å². The van der Waals surface area contributed by atoms with Crippen LogP contribution >= 0.6 is 0 Å². The van der Waals surface area contributed by atoms with Crippen LogP contribution in [0.15, 0.2) is 46.9 Å². The molecule has 0 atom stereocenters. The molecular formula is C16H8FN5O. The Morgan fingerprint density at radius 3 is 2.87 bits per heavy atom. The van der Waals surface area contributed by atoms with Gasteiger partial charge >= 0.3 is 0 Å². The number of halogens is 1. The van der Waals surface area contributed by atoms with Crippen molar-refractivity contribution in [2.75, 3.05) is 0 Å². The van der Waals surface area contributed by atoms with Crippen LogP contribution in [0.25, 0.3) is 33.8 Å². The molecule has 0 spiro atoms. The van der Waals surface area contributed by atoms with Crippen LogP contribution in [0.2, 0.25) is 0 Å². The highest BCUT2D eigenvalue weighted by molar-refractivity contribution is 5.77. The highest BCUT2D eigenvalue weighted by Gasteiger charge is 2.13. The molecule has 7 heteroatoms. The molecule has 0 amide bonds. The number of fused-ring (bicyclic) bond motifs is 1. The second-order valence-corrected chi connectivity index (χ2v) is 4.86. The number of aromatic amines is 1. The van der Waals surface area contributed by atoms with Crippen molar-refractivity contribution < 1.29 is 8.81 Å². The molecule has 0 radical (unpaired) electrons. The molecule has 2 aromatic carbocycles. The van der Waals surface area contributed by atoms with Gasteiger partial charge in [0.05, 0.1) is 0 Å². The van der Waals surface area contributed by atoms with Crippen LogP contribution < -0.4 is 0 Å². The van der Waals surface area contributed by atoms with Crippen LogP contribution in [0.3, 0.4) is 0 Å². The van der Waals surface area contributed by atoms with E-state index in [-0.39, 0.29) is 11.5 Å². The van der Waals surface area contributed by atoms with Crippen molar-refractivity contribution in [2.45, 2.75) is 0 Å². The minimum absolute atomic E-state index is 0.279. The first kappa shape index (κ1) is 13.2. The van der Waals surface area contributed by atoms with Crippen molar-refractivity contribution in [3.05, 3.63) is 54.0 Å². The Morgan fingerprint density at radius 1 is 1.13 bits per heavy atom. The summed E-state index contributed by atoms with van der Waals surface area (Å²) in [4.78, 5) is 4.35. The standard InChI is InChI=1S/C16H8FN5O/c17-11-4-5-12-14(7-11)23-16(19-12)10-3-1-2-9(6-10)15-13(8-18)20-22-21-15/h1-7H,(H,20,21,22). The maximum atomic E-state index is 13.2. The van der Waals surface area contributed by atoms with Gasteiger partial charge in [0.25, 0.3) is 0 Å². The molecule has 1 N–H and O–H groups in total. The van der Waals surface area contributed by atoms with Crippen molar-refractivity contribution in [1.29, 1.82) is 5.26 Å². The first-order valence-electron chi connectivity index (χ1n) is 6.72. The van der Waals surface area contributed by atoms with Crippen molar-refractivity contribution in [1.82, 2.24) is 20.4 Å². The monoisotopic (exact) mass is 305 g/mol. The molecule has 0 bridgehead atoms. The quantitative estimate of drug-likeness (QED) is 0.613. The Kier molecular flexibility index (Phi) is 2.88. The summed E-state index contributed by atoms with van der Waals surface area (Å²) in [7, 11) is 0. The molecule has 0 unspecified atom stereocenters. The fourth-order valence-electron chi connectivity index (χ4n) is 2.33. The second-order valence-electron chi connectivity index (χ2n) is 4.86. The molecule has 2 aromatic heterocycles. The van der Waals surface area contributed by atoms with E-state index in [1.54, 1.807) is 18.2 Å².